The van der Waals surface area contributed by atoms with Gasteiger partial charge < -0.3 is 14.7 Å². The average molecular weight is 263 g/mol. The zero-order valence-corrected chi connectivity index (χ0v) is 11.6. The number of carbonyl (C=O) groups is 1. The Kier molecular flexibility index (Phi) is 4.43. The van der Waals surface area contributed by atoms with Crippen LogP contribution in [0.15, 0.2) is 18.2 Å². The number of aliphatic hydroxyl groups is 1. The lowest BCUT2D eigenvalue weighted by molar-refractivity contribution is -0.131. The first kappa shape index (κ1) is 13.9. The molecule has 1 heterocycles. The van der Waals surface area contributed by atoms with Crippen molar-refractivity contribution in [2.75, 3.05) is 20.3 Å². The second-order valence-corrected chi connectivity index (χ2v) is 5.05. The van der Waals surface area contributed by atoms with Gasteiger partial charge in [-0.2, -0.15) is 0 Å². The van der Waals surface area contributed by atoms with Crippen molar-refractivity contribution in [3.63, 3.8) is 0 Å². The number of hydrogen-bond acceptors (Lipinski definition) is 3. The van der Waals surface area contributed by atoms with E-state index in [1.54, 1.807) is 12.0 Å². The van der Waals surface area contributed by atoms with E-state index in [9.17, 15) is 9.90 Å². The largest absolute Gasteiger partial charge is 0.496 e. The molecule has 1 atom stereocenters. The Morgan fingerprint density at radius 1 is 1.53 bits per heavy atom. The van der Waals surface area contributed by atoms with Crippen molar-refractivity contribution < 1.29 is 14.6 Å². The summed E-state index contributed by atoms with van der Waals surface area (Å²) in [5.41, 5.74) is 2.02. The topological polar surface area (TPSA) is 49.8 Å². The number of aryl methyl sites for hydroxylation is 1. The Hall–Kier alpha value is -1.55. The van der Waals surface area contributed by atoms with Crippen LogP contribution in [0, 0.1) is 6.92 Å². The lowest BCUT2D eigenvalue weighted by Gasteiger charge is -2.23. The summed E-state index contributed by atoms with van der Waals surface area (Å²) in [6, 6.07) is 5.84. The molecular weight excluding hydrogens is 242 g/mol. The Balaban J connectivity index is 2.06. The van der Waals surface area contributed by atoms with Crippen LogP contribution in [0.25, 0.3) is 0 Å². The lowest BCUT2D eigenvalue weighted by atomic mass is 10.1. The second-order valence-electron chi connectivity index (χ2n) is 5.05. The summed E-state index contributed by atoms with van der Waals surface area (Å²) >= 11 is 0. The molecule has 1 saturated heterocycles. The monoisotopic (exact) mass is 263 g/mol. The van der Waals surface area contributed by atoms with Crippen molar-refractivity contribution in [2.45, 2.75) is 32.2 Å². The highest BCUT2D eigenvalue weighted by atomic mass is 16.5. The van der Waals surface area contributed by atoms with Crippen molar-refractivity contribution in [1.82, 2.24) is 4.90 Å². The lowest BCUT2D eigenvalue weighted by Crippen LogP contribution is -2.38. The molecule has 0 saturated carbocycles. The summed E-state index contributed by atoms with van der Waals surface area (Å²) < 4.78 is 5.27. The number of methoxy groups -OCH3 is 1. The number of hydrogen-bond donors (Lipinski definition) is 1. The number of carbonyl (C=O) groups excluding carboxylic acids is 1. The van der Waals surface area contributed by atoms with Crippen molar-refractivity contribution in [3.8, 4) is 5.75 Å². The molecule has 0 aromatic heterocycles. The van der Waals surface area contributed by atoms with Gasteiger partial charge in [0.1, 0.15) is 5.75 Å². The van der Waals surface area contributed by atoms with Crippen LogP contribution < -0.4 is 4.74 Å². The molecule has 4 heteroatoms. The van der Waals surface area contributed by atoms with Gasteiger partial charge in [0, 0.05) is 6.54 Å². The fourth-order valence-electron chi connectivity index (χ4n) is 2.60. The molecule has 1 N–H and O–H groups in total. The van der Waals surface area contributed by atoms with Crippen LogP contribution in [0.4, 0.5) is 0 Å². The highest BCUT2D eigenvalue weighted by Crippen LogP contribution is 2.22. The number of nitrogens with zero attached hydrogens (tertiary/aromatic N) is 1. The van der Waals surface area contributed by atoms with Crippen LogP contribution in [-0.2, 0) is 11.2 Å². The zero-order chi connectivity index (χ0) is 13.8. The van der Waals surface area contributed by atoms with Gasteiger partial charge in [-0.05, 0) is 37.0 Å². The molecule has 1 amide bonds. The van der Waals surface area contributed by atoms with Crippen molar-refractivity contribution in [3.05, 3.63) is 29.3 Å². The summed E-state index contributed by atoms with van der Waals surface area (Å²) in [5, 5.41) is 9.26. The molecule has 0 radical (unpaired) electrons. The minimum absolute atomic E-state index is 0.000145. The van der Waals surface area contributed by atoms with Gasteiger partial charge in [0.25, 0.3) is 0 Å². The van der Waals surface area contributed by atoms with Gasteiger partial charge in [-0.15, -0.1) is 0 Å². The maximum absolute atomic E-state index is 12.2. The number of benzene rings is 1. The van der Waals surface area contributed by atoms with E-state index in [0.29, 0.717) is 6.42 Å². The van der Waals surface area contributed by atoms with E-state index in [1.165, 1.54) is 0 Å². The molecule has 1 aromatic carbocycles. The Labute approximate surface area is 114 Å². The minimum atomic E-state index is -0.000145. The molecule has 0 spiro atoms. The average Bonchev–Trinajstić information content (AvgIpc) is 2.89. The Morgan fingerprint density at radius 3 is 3.00 bits per heavy atom. The maximum Gasteiger partial charge on any atom is 0.227 e. The zero-order valence-electron chi connectivity index (χ0n) is 11.6. The van der Waals surface area contributed by atoms with E-state index in [4.69, 9.17) is 4.74 Å². The molecule has 2 rings (SSSR count). The third kappa shape index (κ3) is 3.07. The smallest absolute Gasteiger partial charge is 0.227 e. The predicted molar refractivity (Wildman–Crippen MR) is 73.3 cm³/mol. The molecule has 0 unspecified atom stereocenters. The van der Waals surface area contributed by atoms with Gasteiger partial charge in [-0.3, -0.25) is 4.79 Å². The summed E-state index contributed by atoms with van der Waals surface area (Å²) in [4.78, 5) is 14.0. The van der Waals surface area contributed by atoms with Crippen LogP contribution in [0.5, 0.6) is 5.75 Å². The summed E-state index contributed by atoms with van der Waals surface area (Å²) in [6.07, 6.45) is 2.25. The standard InChI is InChI=1S/C15H21NO3/c1-11-5-6-12(8-14(11)19-2)9-15(18)16-7-3-4-13(16)10-17/h5-6,8,13,17H,3-4,7,9-10H2,1-2H3/t13-/m1/s1. The number of ether oxygens (including phenoxy) is 1. The number of aliphatic hydroxyl groups excluding tert-OH is 1. The molecular formula is C15H21NO3. The van der Waals surface area contributed by atoms with Gasteiger partial charge in [0.2, 0.25) is 5.91 Å². The Morgan fingerprint density at radius 2 is 2.32 bits per heavy atom. The van der Waals surface area contributed by atoms with E-state index in [2.05, 4.69) is 0 Å². The van der Waals surface area contributed by atoms with Gasteiger partial charge in [-0.1, -0.05) is 12.1 Å². The SMILES string of the molecule is COc1cc(CC(=O)N2CCC[C@@H]2CO)ccc1C. The molecule has 104 valence electrons. The molecule has 1 aliphatic heterocycles. The number of amides is 1. The first-order chi connectivity index (χ1) is 9.15. The third-order valence-electron chi connectivity index (χ3n) is 3.74. The van der Waals surface area contributed by atoms with Crippen LogP contribution in [0.1, 0.15) is 24.0 Å². The number of rotatable bonds is 4. The van der Waals surface area contributed by atoms with E-state index in [1.807, 2.05) is 25.1 Å². The summed E-state index contributed by atoms with van der Waals surface area (Å²) in [5.74, 6) is 0.896. The first-order valence-electron chi connectivity index (χ1n) is 6.69. The summed E-state index contributed by atoms with van der Waals surface area (Å²) in [7, 11) is 1.64. The minimum Gasteiger partial charge on any atom is -0.496 e. The van der Waals surface area contributed by atoms with Crippen molar-refractivity contribution in [2.24, 2.45) is 0 Å². The van der Waals surface area contributed by atoms with Gasteiger partial charge in [0.15, 0.2) is 0 Å². The van der Waals surface area contributed by atoms with E-state index in [-0.39, 0.29) is 18.6 Å². The van der Waals surface area contributed by atoms with Crippen LogP contribution >= 0.6 is 0 Å². The predicted octanol–water partition coefficient (Wildman–Crippen LogP) is 1.53. The fraction of sp³-hybridized carbons (Fsp3) is 0.533. The van der Waals surface area contributed by atoms with Gasteiger partial charge >= 0.3 is 0 Å². The quantitative estimate of drug-likeness (QED) is 0.896. The number of likely N-dealkylation sites (tertiary alicyclic amines) is 1. The second kappa shape index (κ2) is 6.06. The van der Waals surface area contributed by atoms with E-state index in [0.717, 1.165) is 36.3 Å². The highest BCUT2D eigenvalue weighted by molar-refractivity contribution is 5.79. The van der Waals surface area contributed by atoms with Gasteiger partial charge in [0.05, 0.1) is 26.2 Å². The highest BCUT2D eigenvalue weighted by Gasteiger charge is 2.27. The molecule has 0 aliphatic carbocycles. The van der Waals surface area contributed by atoms with Gasteiger partial charge in [-0.25, -0.2) is 0 Å². The molecule has 19 heavy (non-hydrogen) atoms. The third-order valence-corrected chi connectivity index (χ3v) is 3.74. The molecule has 0 bridgehead atoms. The Bertz CT molecular complexity index is 459. The van der Waals surface area contributed by atoms with E-state index < -0.39 is 0 Å². The van der Waals surface area contributed by atoms with Crippen molar-refractivity contribution in [1.29, 1.82) is 0 Å². The van der Waals surface area contributed by atoms with Crippen molar-refractivity contribution >= 4 is 5.91 Å². The maximum atomic E-state index is 12.2. The molecule has 4 nitrogen and oxygen atoms in total. The first-order valence-corrected chi connectivity index (χ1v) is 6.69. The molecule has 1 fully saturated rings. The van der Waals surface area contributed by atoms with E-state index >= 15 is 0 Å². The summed E-state index contributed by atoms with van der Waals surface area (Å²) in [6.45, 7) is 2.79. The fourth-order valence-corrected chi connectivity index (χ4v) is 2.60. The van der Waals surface area contributed by atoms with Crippen LogP contribution in [0.2, 0.25) is 0 Å². The molecule has 1 aromatic rings. The normalized spacial score (nSPS) is 18.7. The molecule has 1 aliphatic rings. The van der Waals surface area contributed by atoms with Crippen LogP contribution in [0.3, 0.4) is 0 Å². The van der Waals surface area contributed by atoms with Crippen LogP contribution in [-0.4, -0.2) is 42.2 Å².